The zero-order chi connectivity index (χ0) is 13.8. The summed E-state index contributed by atoms with van der Waals surface area (Å²) >= 11 is 0. The van der Waals surface area contributed by atoms with Gasteiger partial charge in [-0.1, -0.05) is 6.07 Å². The standard InChI is InChI=1S/C13H12N2O4/c16-10-5-2-6-11(17)12(10)15-14-9-4-1-3-8(7-9)13(18)19/h1,3-4,7,16H,2,5-6H2,(H,18,19)/p-1. The van der Waals surface area contributed by atoms with Gasteiger partial charge in [0, 0.05) is 6.42 Å². The van der Waals surface area contributed by atoms with E-state index in [0.717, 1.165) is 0 Å². The monoisotopic (exact) mass is 259 g/mol. The van der Waals surface area contributed by atoms with E-state index in [1.165, 1.54) is 18.2 Å². The van der Waals surface area contributed by atoms with E-state index in [1.54, 1.807) is 6.07 Å². The molecule has 6 heteroatoms. The number of ketones is 1. The van der Waals surface area contributed by atoms with Gasteiger partial charge in [0.1, 0.15) is 5.70 Å². The number of rotatable bonds is 3. The molecule has 0 aliphatic heterocycles. The minimum atomic E-state index is -1.07. The number of hydrogen-bond acceptors (Lipinski definition) is 5. The van der Waals surface area contributed by atoms with E-state index in [0.29, 0.717) is 24.9 Å². The molecule has 0 bridgehead atoms. The van der Waals surface area contributed by atoms with Gasteiger partial charge in [-0.05, 0) is 31.0 Å². The summed E-state index contributed by atoms with van der Waals surface area (Å²) < 4.78 is 0. The van der Waals surface area contributed by atoms with Crippen LogP contribution < -0.4 is 5.11 Å². The molecule has 1 N–H and O–H groups in total. The summed E-state index contributed by atoms with van der Waals surface area (Å²) in [6, 6.07) is 5.82. The molecule has 19 heavy (non-hydrogen) atoms. The molecule has 0 radical (unpaired) electrons. The van der Waals surface area contributed by atoms with Crippen LogP contribution in [0.3, 0.4) is 0 Å². The number of Topliss-reactive ketones (excluding diaryl/α,β-unsaturated/α-hetero) is 1. The maximum absolute atomic E-state index is 11.5. The summed E-state index contributed by atoms with van der Waals surface area (Å²) in [7, 11) is 0. The van der Waals surface area contributed by atoms with E-state index >= 15 is 0 Å². The zero-order valence-electron chi connectivity index (χ0n) is 10.00. The third-order valence-electron chi connectivity index (χ3n) is 2.69. The molecule has 0 unspecified atom stereocenters. The van der Waals surface area contributed by atoms with Crippen molar-refractivity contribution in [1.29, 1.82) is 0 Å². The van der Waals surface area contributed by atoms with Gasteiger partial charge in [-0.2, -0.15) is 5.11 Å². The number of carboxylic acids is 1. The number of allylic oxidation sites excluding steroid dienone is 2. The second kappa shape index (κ2) is 5.43. The average Bonchev–Trinajstić information content (AvgIpc) is 2.38. The molecule has 0 saturated carbocycles. The van der Waals surface area contributed by atoms with Crippen LogP contribution in [0.15, 0.2) is 46.0 Å². The summed E-state index contributed by atoms with van der Waals surface area (Å²) in [5.74, 6) is -1.70. The molecule has 0 spiro atoms. The lowest BCUT2D eigenvalue weighted by atomic mass is 10.0. The van der Waals surface area contributed by atoms with Gasteiger partial charge in [0.15, 0.2) is 5.78 Å². The highest BCUT2D eigenvalue weighted by Gasteiger charge is 2.15. The predicted octanol–water partition coefficient (Wildman–Crippen LogP) is 1.79. The van der Waals surface area contributed by atoms with Gasteiger partial charge in [0.25, 0.3) is 0 Å². The molecular weight excluding hydrogens is 248 g/mol. The van der Waals surface area contributed by atoms with E-state index in [4.69, 9.17) is 5.11 Å². The fourth-order valence-corrected chi connectivity index (χ4v) is 1.72. The largest absolute Gasteiger partial charge is 0.874 e. The van der Waals surface area contributed by atoms with Crippen molar-refractivity contribution in [3.63, 3.8) is 0 Å². The number of aromatic carboxylic acids is 1. The zero-order valence-corrected chi connectivity index (χ0v) is 10.00. The second-order valence-corrected chi connectivity index (χ2v) is 4.10. The van der Waals surface area contributed by atoms with Crippen LogP contribution in [0, 0.1) is 0 Å². The van der Waals surface area contributed by atoms with E-state index in [2.05, 4.69) is 10.2 Å². The van der Waals surface area contributed by atoms with Crippen LogP contribution in [-0.4, -0.2) is 16.9 Å². The first-order valence-corrected chi connectivity index (χ1v) is 5.76. The van der Waals surface area contributed by atoms with Crippen LogP contribution in [-0.2, 0) is 4.79 Å². The Kier molecular flexibility index (Phi) is 3.70. The van der Waals surface area contributed by atoms with Crippen molar-refractivity contribution in [2.75, 3.05) is 0 Å². The van der Waals surface area contributed by atoms with Gasteiger partial charge >= 0.3 is 5.97 Å². The first kappa shape index (κ1) is 12.9. The Morgan fingerprint density at radius 3 is 2.74 bits per heavy atom. The van der Waals surface area contributed by atoms with Gasteiger partial charge in [-0.15, -0.1) is 10.9 Å². The number of nitrogens with zero attached hydrogens (tertiary/aromatic N) is 2. The minimum Gasteiger partial charge on any atom is -0.874 e. The van der Waals surface area contributed by atoms with Gasteiger partial charge < -0.3 is 10.2 Å². The molecular formula is C13H11N2O4-. The third kappa shape index (κ3) is 3.04. The van der Waals surface area contributed by atoms with E-state index in [9.17, 15) is 14.7 Å². The number of carbonyl (C=O) groups excluding carboxylic acids is 1. The molecule has 2 rings (SSSR count). The number of carbonyl (C=O) groups is 2. The Bertz CT molecular complexity index is 590. The number of azo groups is 1. The van der Waals surface area contributed by atoms with Crippen LogP contribution in [0.2, 0.25) is 0 Å². The number of carboxylic acid groups (broad SMARTS) is 1. The van der Waals surface area contributed by atoms with Crippen molar-refractivity contribution < 1.29 is 19.8 Å². The van der Waals surface area contributed by atoms with Gasteiger partial charge in [0.2, 0.25) is 0 Å². The fourth-order valence-electron chi connectivity index (χ4n) is 1.72. The lowest BCUT2D eigenvalue weighted by molar-refractivity contribution is -0.309. The van der Waals surface area contributed by atoms with Gasteiger partial charge in [-0.25, -0.2) is 4.79 Å². The first-order chi connectivity index (χ1) is 9.08. The van der Waals surface area contributed by atoms with Crippen molar-refractivity contribution in [1.82, 2.24) is 0 Å². The minimum absolute atomic E-state index is 0.0720. The van der Waals surface area contributed by atoms with Gasteiger partial charge in [-0.3, -0.25) is 4.79 Å². The molecule has 1 aromatic rings. The molecule has 1 aliphatic carbocycles. The normalized spacial score (nSPS) is 16.1. The predicted molar refractivity (Wildman–Crippen MR) is 63.8 cm³/mol. The molecule has 0 atom stereocenters. The topological polar surface area (TPSA) is 102 Å². The Balaban J connectivity index is 2.25. The highest BCUT2D eigenvalue weighted by atomic mass is 16.4. The van der Waals surface area contributed by atoms with Crippen LogP contribution in [0.4, 0.5) is 5.69 Å². The average molecular weight is 259 g/mol. The van der Waals surface area contributed by atoms with Crippen LogP contribution in [0.1, 0.15) is 29.6 Å². The fraction of sp³-hybridized carbons (Fsp3) is 0.231. The lowest BCUT2D eigenvalue weighted by Crippen LogP contribution is -2.17. The summed E-state index contributed by atoms with van der Waals surface area (Å²) in [6.45, 7) is 0. The summed E-state index contributed by atoms with van der Waals surface area (Å²) in [4.78, 5) is 22.3. The Hall–Kier alpha value is -2.50. The third-order valence-corrected chi connectivity index (χ3v) is 2.69. The molecule has 0 fully saturated rings. The molecule has 0 aromatic heterocycles. The van der Waals surface area contributed by atoms with Crippen LogP contribution in [0.5, 0.6) is 0 Å². The summed E-state index contributed by atoms with van der Waals surface area (Å²) in [5.41, 5.74) is 0.216. The Morgan fingerprint density at radius 1 is 1.26 bits per heavy atom. The molecule has 0 saturated heterocycles. The number of benzene rings is 1. The molecule has 1 aliphatic rings. The first-order valence-electron chi connectivity index (χ1n) is 5.76. The summed E-state index contributed by atoms with van der Waals surface area (Å²) in [5, 5.41) is 27.7. The summed E-state index contributed by atoms with van der Waals surface area (Å²) in [6.07, 6.45) is 1.15. The maximum Gasteiger partial charge on any atom is 0.335 e. The van der Waals surface area contributed by atoms with Crippen molar-refractivity contribution in [2.24, 2.45) is 10.2 Å². The molecule has 0 heterocycles. The Morgan fingerprint density at radius 2 is 2.05 bits per heavy atom. The van der Waals surface area contributed by atoms with E-state index in [-0.39, 0.29) is 22.8 Å². The Labute approximate surface area is 109 Å². The molecule has 6 nitrogen and oxygen atoms in total. The van der Waals surface area contributed by atoms with Crippen molar-refractivity contribution in [3.8, 4) is 0 Å². The highest BCUT2D eigenvalue weighted by Crippen LogP contribution is 2.22. The molecule has 1 aromatic carbocycles. The quantitative estimate of drug-likeness (QED) is 0.836. The number of hydrogen-bond donors (Lipinski definition) is 1. The smallest absolute Gasteiger partial charge is 0.335 e. The molecule has 98 valence electrons. The highest BCUT2D eigenvalue weighted by molar-refractivity contribution is 5.96. The van der Waals surface area contributed by atoms with E-state index in [1.807, 2.05) is 0 Å². The SMILES string of the molecule is O=C1CCCC([O-])=C1N=Nc1cccc(C(=O)O)c1. The van der Waals surface area contributed by atoms with Crippen molar-refractivity contribution in [3.05, 3.63) is 41.3 Å². The molecule has 0 amide bonds. The van der Waals surface area contributed by atoms with Crippen LogP contribution in [0.25, 0.3) is 0 Å². The lowest BCUT2D eigenvalue weighted by Gasteiger charge is -2.19. The van der Waals surface area contributed by atoms with Crippen molar-refractivity contribution in [2.45, 2.75) is 19.3 Å². The van der Waals surface area contributed by atoms with Gasteiger partial charge in [0.05, 0.1) is 11.3 Å². The second-order valence-electron chi connectivity index (χ2n) is 4.10. The van der Waals surface area contributed by atoms with Crippen LogP contribution >= 0.6 is 0 Å². The maximum atomic E-state index is 11.5. The van der Waals surface area contributed by atoms with E-state index < -0.39 is 5.97 Å². The van der Waals surface area contributed by atoms with Crippen molar-refractivity contribution >= 4 is 17.4 Å².